The average molecular weight is 308 g/mol. The van der Waals surface area contributed by atoms with Gasteiger partial charge in [0, 0.05) is 0 Å². The zero-order chi connectivity index (χ0) is 17.0. The molecular weight excluding hydrogens is 288 g/mol. The van der Waals surface area contributed by atoms with E-state index in [1.54, 1.807) is 26.0 Å². The summed E-state index contributed by atoms with van der Waals surface area (Å²) in [6, 6.07) is 7.36. The van der Waals surface area contributed by atoms with E-state index in [1.807, 2.05) is 19.1 Å². The third-order valence-electron chi connectivity index (χ3n) is 2.77. The minimum absolute atomic E-state index is 0.238. The van der Waals surface area contributed by atoms with Crippen LogP contribution in [-0.2, 0) is 35.1 Å². The normalized spacial score (nSPS) is 9.27. The molecule has 6 heteroatoms. The maximum absolute atomic E-state index is 11.9. The molecule has 0 spiro atoms. The van der Waals surface area contributed by atoms with E-state index >= 15 is 0 Å². The SMILES string of the molecule is CCOC(=O)C(C(=O)OCC)c1ccc(CC)cc1.O=C=O. The average Bonchev–Trinajstić information content (AvgIpc) is 2.49. The van der Waals surface area contributed by atoms with Gasteiger partial charge in [-0.05, 0) is 31.4 Å². The van der Waals surface area contributed by atoms with Crippen molar-refractivity contribution in [2.24, 2.45) is 0 Å². The summed E-state index contributed by atoms with van der Waals surface area (Å²) in [7, 11) is 0. The van der Waals surface area contributed by atoms with Gasteiger partial charge < -0.3 is 9.47 Å². The lowest BCUT2D eigenvalue weighted by molar-refractivity contribution is -0.191. The first-order valence-electron chi connectivity index (χ1n) is 6.96. The van der Waals surface area contributed by atoms with Gasteiger partial charge in [0.15, 0.2) is 5.92 Å². The number of esters is 2. The van der Waals surface area contributed by atoms with Crippen molar-refractivity contribution in [2.75, 3.05) is 13.2 Å². The molecule has 0 N–H and O–H groups in total. The molecule has 0 amide bonds. The van der Waals surface area contributed by atoms with Crippen LogP contribution in [0.25, 0.3) is 0 Å². The van der Waals surface area contributed by atoms with Gasteiger partial charge in [0.2, 0.25) is 0 Å². The Morgan fingerprint density at radius 3 is 1.68 bits per heavy atom. The molecule has 1 aromatic carbocycles. The van der Waals surface area contributed by atoms with Gasteiger partial charge in [-0.2, -0.15) is 9.59 Å². The smallest absolute Gasteiger partial charge is 0.373 e. The fourth-order valence-electron chi connectivity index (χ4n) is 1.77. The second-order valence-electron chi connectivity index (χ2n) is 4.12. The Hall–Kier alpha value is -2.46. The van der Waals surface area contributed by atoms with Crippen molar-refractivity contribution in [2.45, 2.75) is 33.1 Å². The zero-order valence-corrected chi connectivity index (χ0v) is 13.0. The van der Waals surface area contributed by atoms with Crippen LogP contribution in [0, 0.1) is 0 Å². The Morgan fingerprint density at radius 2 is 1.36 bits per heavy atom. The minimum atomic E-state index is -0.995. The highest BCUT2D eigenvalue weighted by Crippen LogP contribution is 2.20. The predicted molar refractivity (Wildman–Crippen MR) is 76.8 cm³/mol. The fraction of sp³-hybridized carbons (Fsp3) is 0.438. The van der Waals surface area contributed by atoms with E-state index in [0.717, 1.165) is 12.0 Å². The number of carbonyl (C=O) groups is 2. The van der Waals surface area contributed by atoms with Crippen molar-refractivity contribution >= 4 is 18.1 Å². The van der Waals surface area contributed by atoms with Crippen molar-refractivity contribution in [1.82, 2.24) is 0 Å². The Morgan fingerprint density at radius 1 is 0.955 bits per heavy atom. The molecule has 0 bridgehead atoms. The number of hydrogen-bond acceptors (Lipinski definition) is 6. The van der Waals surface area contributed by atoms with E-state index in [-0.39, 0.29) is 19.4 Å². The molecule has 0 aliphatic heterocycles. The lowest BCUT2D eigenvalue weighted by Gasteiger charge is -2.15. The monoisotopic (exact) mass is 308 g/mol. The number of rotatable bonds is 6. The summed E-state index contributed by atoms with van der Waals surface area (Å²) in [5.74, 6) is -2.12. The Kier molecular flexibility index (Phi) is 9.97. The summed E-state index contributed by atoms with van der Waals surface area (Å²) < 4.78 is 9.89. The lowest BCUT2D eigenvalue weighted by Crippen LogP contribution is -2.26. The molecule has 0 aliphatic rings. The van der Waals surface area contributed by atoms with Crippen LogP contribution in [0.5, 0.6) is 0 Å². The summed E-state index contributed by atoms with van der Waals surface area (Å²) in [5, 5.41) is 0. The van der Waals surface area contributed by atoms with Gasteiger partial charge in [0.05, 0.1) is 13.2 Å². The molecule has 0 aromatic heterocycles. The highest BCUT2D eigenvalue weighted by Gasteiger charge is 2.31. The van der Waals surface area contributed by atoms with E-state index in [1.165, 1.54) is 0 Å². The second-order valence-corrected chi connectivity index (χ2v) is 4.12. The molecular formula is C16H20O6. The number of aryl methyl sites for hydroxylation is 1. The van der Waals surface area contributed by atoms with Gasteiger partial charge in [-0.25, -0.2) is 0 Å². The number of ether oxygens (including phenoxy) is 2. The van der Waals surface area contributed by atoms with Crippen LogP contribution in [0.1, 0.15) is 37.8 Å². The topological polar surface area (TPSA) is 86.7 Å². The standard InChI is InChI=1S/C15H20O4.CO2/c1-4-11-7-9-12(10-8-11)13(14(16)18-5-2)15(17)19-6-3;2-1-3/h7-10,13H,4-6H2,1-3H3;. The van der Waals surface area contributed by atoms with Crippen LogP contribution >= 0.6 is 0 Å². The van der Waals surface area contributed by atoms with Crippen molar-refractivity contribution in [3.05, 3.63) is 35.4 Å². The molecule has 0 unspecified atom stereocenters. The first kappa shape index (κ1) is 19.5. The predicted octanol–water partition coefficient (Wildman–Crippen LogP) is 1.88. The molecule has 1 aromatic rings. The van der Waals surface area contributed by atoms with Crippen LogP contribution in [0.15, 0.2) is 24.3 Å². The van der Waals surface area contributed by atoms with Gasteiger partial charge in [-0.1, -0.05) is 31.2 Å². The molecule has 0 radical (unpaired) electrons. The zero-order valence-electron chi connectivity index (χ0n) is 13.0. The molecule has 0 fully saturated rings. The molecule has 0 heterocycles. The van der Waals surface area contributed by atoms with Gasteiger partial charge in [0.1, 0.15) is 0 Å². The summed E-state index contributed by atoms with van der Waals surface area (Å²) in [6.45, 7) is 5.94. The lowest BCUT2D eigenvalue weighted by atomic mass is 9.97. The number of hydrogen-bond donors (Lipinski definition) is 0. The van der Waals surface area contributed by atoms with Crippen molar-refractivity contribution in [3.63, 3.8) is 0 Å². The Bertz CT molecular complexity index is 482. The fourth-order valence-corrected chi connectivity index (χ4v) is 1.77. The molecule has 0 saturated heterocycles. The van der Waals surface area contributed by atoms with Crippen LogP contribution in [0.3, 0.4) is 0 Å². The summed E-state index contributed by atoms with van der Waals surface area (Å²) in [5.41, 5.74) is 1.75. The first-order valence-corrected chi connectivity index (χ1v) is 6.96. The van der Waals surface area contributed by atoms with Gasteiger partial charge in [-0.3, -0.25) is 9.59 Å². The van der Waals surface area contributed by atoms with Crippen LogP contribution in [0.2, 0.25) is 0 Å². The number of benzene rings is 1. The van der Waals surface area contributed by atoms with Crippen LogP contribution in [-0.4, -0.2) is 31.3 Å². The van der Waals surface area contributed by atoms with Crippen molar-refractivity contribution in [1.29, 1.82) is 0 Å². The van der Waals surface area contributed by atoms with Crippen molar-refractivity contribution in [3.8, 4) is 0 Å². The summed E-state index contributed by atoms with van der Waals surface area (Å²) in [6.07, 6.45) is 1.16. The molecule has 6 nitrogen and oxygen atoms in total. The first-order chi connectivity index (χ1) is 10.5. The molecule has 120 valence electrons. The highest BCUT2D eigenvalue weighted by atomic mass is 16.6. The maximum atomic E-state index is 11.9. The van der Waals surface area contributed by atoms with Crippen LogP contribution < -0.4 is 0 Å². The van der Waals surface area contributed by atoms with E-state index in [9.17, 15) is 9.59 Å². The largest absolute Gasteiger partial charge is 0.465 e. The molecule has 0 atom stereocenters. The number of carbonyl (C=O) groups excluding carboxylic acids is 4. The molecule has 1 rings (SSSR count). The molecule has 0 aliphatic carbocycles. The quantitative estimate of drug-likeness (QED) is 0.589. The third kappa shape index (κ3) is 6.33. The van der Waals surface area contributed by atoms with Crippen LogP contribution in [0.4, 0.5) is 0 Å². The second kappa shape index (κ2) is 11.2. The third-order valence-corrected chi connectivity index (χ3v) is 2.77. The van der Waals surface area contributed by atoms with Crippen molar-refractivity contribution < 1.29 is 28.7 Å². The van der Waals surface area contributed by atoms with E-state index in [0.29, 0.717) is 5.56 Å². The highest BCUT2D eigenvalue weighted by molar-refractivity contribution is 6.00. The summed E-state index contributed by atoms with van der Waals surface area (Å²) >= 11 is 0. The van der Waals surface area contributed by atoms with E-state index < -0.39 is 17.9 Å². The minimum Gasteiger partial charge on any atom is -0.465 e. The summed E-state index contributed by atoms with van der Waals surface area (Å²) in [4.78, 5) is 40.0. The Balaban J connectivity index is 0.00000135. The Labute approximate surface area is 129 Å². The van der Waals surface area contributed by atoms with Gasteiger partial charge in [-0.15, -0.1) is 0 Å². The van der Waals surface area contributed by atoms with E-state index in [4.69, 9.17) is 19.1 Å². The maximum Gasteiger partial charge on any atom is 0.373 e. The van der Waals surface area contributed by atoms with Gasteiger partial charge in [0.25, 0.3) is 0 Å². The molecule has 0 saturated carbocycles. The van der Waals surface area contributed by atoms with Gasteiger partial charge >= 0.3 is 18.1 Å². The molecule has 22 heavy (non-hydrogen) atoms. The van der Waals surface area contributed by atoms with E-state index in [2.05, 4.69) is 0 Å².